The zero-order valence-corrected chi connectivity index (χ0v) is 12.0. The molecule has 3 heteroatoms. The molecule has 106 valence electrons. The van der Waals surface area contributed by atoms with E-state index in [1.165, 1.54) is 32.1 Å². The van der Waals surface area contributed by atoms with Gasteiger partial charge in [0.05, 0.1) is 24.9 Å². The van der Waals surface area contributed by atoms with E-state index in [1.54, 1.807) is 7.11 Å². The summed E-state index contributed by atoms with van der Waals surface area (Å²) in [6, 6.07) is 7.90. The number of aliphatic hydroxyl groups excluding tert-OH is 1. The maximum Gasteiger partial charge on any atom is 0.141 e. The molecule has 1 atom stereocenters. The van der Waals surface area contributed by atoms with E-state index >= 15 is 0 Å². The number of nitrogens with one attached hydrogen (secondary N) is 1. The third-order valence-electron chi connectivity index (χ3n) is 4.36. The van der Waals surface area contributed by atoms with E-state index in [0.717, 1.165) is 11.4 Å². The summed E-state index contributed by atoms with van der Waals surface area (Å²) in [7, 11) is 1.68. The quantitative estimate of drug-likeness (QED) is 0.855. The summed E-state index contributed by atoms with van der Waals surface area (Å²) >= 11 is 0. The number of anilines is 1. The molecule has 0 spiro atoms. The van der Waals surface area contributed by atoms with Gasteiger partial charge in [-0.1, -0.05) is 31.4 Å². The Labute approximate surface area is 116 Å². The lowest BCUT2D eigenvalue weighted by molar-refractivity contribution is 0.144. The smallest absolute Gasteiger partial charge is 0.141 e. The number of rotatable bonds is 5. The van der Waals surface area contributed by atoms with Crippen LogP contribution in [0.15, 0.2) is 24.3 Å². The Kier molecular flexibility index (Phi) is 4.70. The molecule has 1 saturated carbocycles. The Morgan fingerprint density at radius 1 is 1.26 bits per heavy atom. The highest BCUT2D eigenvalue weighted by atomic mass is 16.5. The summed E-state index contributed by atoms with van der Waals surface area (Å²) in [6.07, 6.45) is 6.26. The molecule has 1 aromatic rings. The highest BCUT2D eigenvalue weighted by Gasteiger charge is 2.34. The molecule has 0 aromatic heterocycles. The number of hydrogen-bond donors (Lipinski definition) is 2. The summed E-state index contributed by atoms with van der Waals surface area (Å²) in [5, 5.41) is 13.4. The zero-order chi connectivity index (χ0) is 13.7. The van der Waals surface area contributed by atoms with Crippen molar-refractivity contribution in [2.24, 2.45) is 5.92 Å². The van der Waals surface area contributed by atoms with E-state index in [9.17, 15) is 5.11 Å². The van der Waals surface area contributed by atoms with Gasteiger partial charge in [-0.3, -0.25) is 0 Å². The number of para-hydroxylation sites is 2. The van der Waals surface area contributed by atoms with Crippen LogP contribution in [0.25, 0.3) is 0 Å². The van der Waals surface area contributed by atoms with Gasteiger partial charge in [0.1, 0.15) is 5.75 Å². The second-order valence-electron chi connectivity index (χ2n) is 5.74. The van der Waals surface area contributed by atoms with Gasteiger partial charge in [0.25, 0.3) is 0 Å². The van der Waals surface area contributed by atoms with Crippen LogP contribution in [0.4, 0.5) is 5.69 Å². The zero-order valence-electron chi connectivity index (χ0n) is 12.0. The molecule has 0 heterocycles. The maximum atomic E-state index is 9.86. The fourth-order valence-electron chi connectivity index (χ4n) is 3.07. The van der Waals surface area contributed by atoms with Gasteiger partial charge in [0.15, 0.2) is 0 Å². The van der Waals surface area contributed by atoms with E-state index in [1.807, 2.05) is 24.3 Å². The van der Waals surface area contributed by atoms with Gasteiger partial charge in [-0.25, -0.2) is 0 Å². The molecule has 0 amide bonds. The first-order valence-corrected chi connectivity index (χ1v) is 7.21. The summed E-state index contributed by atoms with van der Waals surface area (Å²) < 4.78 is 5.38. The molecular weight excluding hydrogens is 238 g/mol. The fourth-order valence-corrected chi connectivity index (χ4v) is 3.07. The van der Waals surface area contributed by atoms with Crippen LogP contribution in [0.2, 0.25) is 0 Å². The Bertz CT molecular complexity index is 401. The molecule has 1 aliphatic rings. The first kappa shape index (κ1) is 14.2. The normalized spacial score (nSPS) is 19.7. The number of benzene rings is 1. The van der Waals surface area contributed by atoms with Gasteiger partial charge in [0.2, 0.25) is 0 Å². The van der Waals surface area contributed by atoms with Gasteiger partial charge in [-0.15, -0.1) is 0 Å². The number of methoxy groups -OCH3 is 1. The van der Waals surface area contributed by atoms with Gasteiger partial charge >= 0.3 is 0 Å². The molecule has 0 bridgehead atoms. The highest BCUT2D eigenvalue weighted by Crippen LogP contribution is 2.36. The van der Waals surface area contributed by atoms with Gasteiger partial charge in [-0.2, -0.15) is 0 Å². The summed E-state index contributed by atoms with van der Waals surface area (Å²) in [5.41, 5.74) is 0.696. The average molecular weight is 263 g/mol. The van der Waals surface area contributed by atoms with E-state index < -0.39 is 0 Å². The van der Waals surface area contributed by atoms with Gasteiger partial charge < -0.3 is 15.2 Å². The van der Waals surface area contributed by atoms with Crippen LogP contribution in [0.5, 0.6) is 5.75 Å². The first-order chi connectivity index (χ1) is 9.19. The van der Waals surface area contributed by atoms with Gasteiger partial charge in [-0.05, 0) is 37.8 Å². The van der Waals surface area contributed by atoms with E-state index in [4.69, 9.17) is 4.74 Å². The van der Waals surface area contributed by atoms with Crippen molar-refractivity contribution < 1.29 is 9.84 Å². The molecule has 1 aromatic carbocycles. The predicted molar refractivity (Wildman–Crippen MR) is 78.7 cm³/mol. The third-order valence-corrected chi connectivity index (χ3v) is 4.36. The molecular formula is C16H25NO2. The Morgan fingerprint density at radius 3 is 2.58 bits per heavy atom. The lowest BCUT2D eigenvalue weighted by atomic mass is 9.76. The van der Waals surface area contributed by atoms with Crippen LogP contribution in [0, 0.1) is 5.92 Å². The topological polar surface area (TPSA) is 41.5 Å². The van der Waals surface area contributed by atoms with Crippen molar-refractivity contribution in [1.29, 1.82) is 0 Å². The van der Waals surface area contributed by atoms with Crippen LogP contribution >= 0.6 is 0 Å². The number of hydrogen-bond acceptors (Lipinski definition) is 3. The minimum atomic E-state index is -0.269. The Hall–Kier alpha value is -1.22. The Balaban J connectivity index is 2.16. The Morgan fingerprint density at radius 2 is 1.95 bits per heavy atom. The van der Waals surface area contributed by atoms with Crippen LogP contribution < -0.4 is 10.1 Å². The fraction of sp³-hybridized carbons (Fsp3) is 0.625. The maximum absolute atomic E-state index is 9.86. The molecule has 2 rings (SSSR count). The average Bonchev–Trinajstić information content (AvgIpc) is 2.48. The molecule has 1 unspecified atom stereocenters. The predicted octanol–water partition coefficient (Wildman–Crippen LogP) is 3.44. The van der Waals surface area contributed by atoms with Crippen LogP contribution in [0.3, 0.4) is 0 Å². The molecule has 0 aliphatic heterocycles. The van der Waals surface area contributed by atoms with Crippen LogP contribution in [0.1, 0.15) is 39.0 Å². The van der Waals surface area contributed by atoms with Crippen LogP contribution in [-0.2, 0) is 0 Å². The standard InChI is InChI=1S/C16H25NO2/c1-16(12-18,13-8-4-3-5-9-13)17-14-10-6-7-11-15(14)19-2/h6-7,10-11,13,17-18H,3-5,8-9,12H2,1-2H3. The number of aliphatic hydroxyl groups is 1. The largest absolute Gasteiger partial charge is 0.495 e. The molecule has 1 fully saturated rings. The second kappa shape index (κ2) is 6.29. The molecule has 0 saturated heterocycles. The van der Waals surface area contributed by atoms with E-state index in [-0.39, 0.29) is 12.1 Å². The van der Waals surface area contributed by atoms with Crippen molar-refractivity contribution >= 4 is 5.69 Å². The van der Waals surface area contributed by atoms with Gasteiger partial charge in [0, 0.05) is 0 Å². The summed E-state index contributed by atoms with van der Waals surface area (Å²) in [6.45, 7) is 2.27. The van der Waals surface area contributed by atoms with Crippen molar-refractivity contribution in [2.45, 2.75) is 44.6 Å². The van der Waals surface area contributed by atoms with Crippen molar-refractivity contribution in [3.63, 3.8) is 0 Å². The van der Waals surface area contributed by atoms with Crippen molar-refractivity contribution in [3.05, 3.63) is 24.3 Å². The molecule has 1 aliphatic carbocycles. The molecule has 19 heavy (non-hydrogen) atoms. The summed E-state index contributed by atoms with van der Waals surface area (Å²) in [5.74, 6) is 1.36. The van der Waals surface area contributed by atoms with Crippen molar-refractivity contribution in [2.75, 3.05) is 19.0 Å². The van der Waals surface area contributed by atoms with Crippen molar-refractivity contribution in [3.8, 4) is 5.75 Å². The summed E-state index contributed by atoms with van der Waals surface area (Å²) in [4.78, 5) is 0. The monoisotopic (exact) mass is 263 g/mol. The SMILES string of the molecule is COc1ccccc1NC(C)(CO)C1CCCCC1. The molecule has 3 nitrogen and oxygen atoms in total. The van der Waals surface area contributed by atoms with Crippen LogP contribution in [-0.4, -0.2) is 24.4 Å². The highest BCUT2D eigenvalue weighted by molar-refractivity contribution is 5.57. The number of ether oxygens (including phenoxy) is 1. The van der Waals surface area contributed by atoms with E-state index in [0.29, 0.717) is 5.92 Å². The minimum Gasteiger partial charge on any atom is -0.495 e. The molecule has 0 radical (unpaired) electrons. The minimum absolute atomic E-state index is 0.149. The lowest BCUT2D eigenvalue weighted by Gasteiger charge is -2.40. The third kappa shape index (κ3) is 3.21. The van der Waals surface area contributed by atoms with Crippen molar-refractivity contribution in [1.82, 2.24) is 0 Å². The molecule has 2 N–H and O–H groups in total. The van der Waals surface area contributed by atoms with E-state index in [2.05, 4.69) is 12.2 Å². The lowest BCUT2D eigenvalue weighted by Crippen LogP contribution is -2.47. The second-order valence-corrected chi connectivity index (χ2v) is 5.74. The first-order valence-electron chi connectivity index (χ1n) is 7.21.